The van der Waals surface area contributed by atoms with Crippen LogP contribution in [0.25, 0.3) is 0 Å². The predicted octanol–water partition coefficient (Wildman–Crippen LogP) is 4.93. The molecule has 0 heterocycles. The van der Waals surface area contributed by atoms with Crippen molar-refractivity contribution in [2.75, 3.05) is 6.61 Å². The van der Waals surface area contributed by atoms with Gasteiger partial charge in [0, 0.05) is 5.02 Å². The molecular weight excluding hydrogens is 312 g/mol. The molecule has 23 heavy (non-hydrogen) atoms. The van der Waals surface area contributed by atoms with Crippen LogP contribution >= 0.6 is 11.6 Å². The van der Waals surface area contributed by atoms with Gasteiger partial charge in [-0.15, -0.1) is 0 Å². The molecule has 0 aliphatic rings. The van der Waals surface area contributed by atoms with Gasteiger partial charge in [0.25, 0.3) is 0 Å². The largest absolute Gasteiger partial charge is 0.482 e. The fourth-order valence-corrected chi connectivity index (χ4v) is 2.45. The molecule has 2 aromatic rings. The van der Waals surface area contributed by atoms with E-state index in [1.165, 1.54) is 0 Å². The van der Waals surface area contributed by atoms with Gasteiger partial charge < -0.3 is 9.47 Å². The van der Waals surface area contributed by atoms with Crippen molar-refractivity contribution in [3.8, 4) is 11.5 Å². The molecule has 0 N–H and O–H groups in total. The second-order valence-electron chi connectivity index (χ2n) is 6.42. The number of rotatable bonds is 4. The molecule has 0 saturated carbocycles. The van der Waals surface area contributed by atoms with Gasteiger partial charge in [-0.25, -0.2) is 4.79 Å². The van der Waals surface area contributed by atoms with E-state index in [1.807, 2.05) is 31.2 Å². The summed E-state index contributed by atoms with van der Waals surface area (Å²) in [6.07, 6.45) is 0. The fraction of sp³-hybridized carbons (Fsp3) is 0.316. The van der Waals surface area contributed by atoms with Gasteiger partial charge in [0.1, 0.15) is 11.5 Å². The van der Waals surface area contributed by atoms with Gasteiger partial charge in [0.05, 0.1) is 0 Å². The Morgan fingerprint density at radius 3 is 2.43 bits per heavy atom. The van der Waals surface area contributed by atoms with Gasteiger partial charge in [-0.2, -0.15) is 0 Å². The third kappa shape index (κ3) is 4.73. The Bertz CT molecular complexity index is 702. The van der Waals surface area contributed by atoms with E-state index in [0.29, 0.717) is 16.5 Å². The molecular formula is C19H21ClO3. The Kier molecular flexibility index (Phi) is 5.32. The van der Waals surface area contributed by atoms with Crippen LogP contribution in [0.15, 0.2) is 42.5 Å². The van der Waals surface area contributed by atoms with Crippen molar-refractivity contribution >= 4 is 17.6 Å². The van der Waals surface area contributed by atoms with Crippen LogP contribution in [-0.4, -0.2) is 12.6 Å². The van der Waals surface area contributed by atoms with Gasteiger partial charge in [-0.05, 0) is 47.7 Å². The van der Waals surface area contributed by atoms with E-state index in [0.717, 1.165) is 11.1 Å². The Labute approximate surface area is 142 Å². The number of hydrogen-bond acceptors (Lipinski definition) is 3. The van der Waals surface area contributed by atoms with Crippen molar-refractivity contribution in [3.63, 3.8) is 0 Å². The number of hydrogen-bond donors (Lipinski definition) is 0. The zero-order chi connectivity index (χ0) is 17.0. The van der Waals surface area contributed by atoms with E-state index in [4.69, 9.17) is 21.1 Å². The highest BCUT2D eigenvalue weighted by Crippen LogP contribution is 2.31. The second kappa shape index (κ2) is 7.05. The van der Waals surface area contributed by atoms with Crippen LogP contribution in [0.5, 0.6) is 11.5 Å². The molecule has 3 nitrogen and oxygen atoms in total. The fourth-order valence-electron chi connectivity index (χ4n) is 2.23. The van der Waals surface area contributed by atoms with Crippen LogP contribution in [0.3, 0.4) is 0 Å². The number of aryl methyl sites for hydroxylation is 1. The van der Waals surface area contributed by atoms with Crippen LogP contribution in [0.4, 0.5) is 0 Å². The summed E-state index contributed by atoms with van der Waals surface area (Å²) in [4.78, 5) is 12.0. The van der Waals surface area contributed by atoms with E-state index in [-0.39, 0.29) is 12.0 Å². The van der Waals surface area contributed by atoms with E-state index < -0.39 is 5.97 Å². The van der Waals surface area contributed by atoms with Crippen LogP contribution in [0.1, 0.15) is 31.9 Å². The smallest absolute Gasteiger partial charge is 0.349 e. The van der Waals surface area contributed by atoms with Crippen molar-refractivity contribution in [3.05, 3.63) is 58.6 Å². The first kappa shape index (κ1) is 17.4. The van der Waals surface area contributed by atoms with Gasteiger partial charge in [-0.3, -0.25) is 0 Å². The molecule has 0 bridgehead atoms. The summed E-state index contributed by atoms with van der Waals surface area (Å²) in [5.41, 5.74) is 1.80. The average Bonchev–Trinajstić information content (AvgIpc) is 2.47. The molecule has 4 heteroatoms. The summed E-state index contributed by atoms with van der Waals surface area (Å²) in [6, 6.07) is 12.8. The zero-order valence-corrected chi connectivity index (χ0v) is 14.6. The quantitative estimate of drug-likeness (QED) is 0.588. The number of para-hydroxylation sites is 1. The molecule has 2 rings (SSSR count). The molecule has 0 amide bonds. The van der Waals surface area contributed by atoms with E-state index >= 15 is 0 Å². The van der Waals surface area contributed by atoms with E-state index in [1.54, 1.807) is 18.2 Å². The lowest BCUT2D eigenvalue weighted by Gasteiger charge is -2.22. The van der Waals surface area contributed by atoms with E-state index in [2.05, 4.69) is 20.8 Å². The molecule has 0 radical (unpaired) electrons. The van der Waals surface area contributed by atoms with Gasteiger partial charge >= 0.3 is 5.97 Å². The van der Waals surface area contributed by atoms with E-state index in [9.17, 15) is 4.79 Å². The number of halogens is 1. The van der Waals surface area contributed by atoms with Gasteiger partial charge in [-0.1, -0.05) is 50.6 Å². The third-order valence-corrected chi connectivity index (χ3v) is 3.64. The standard InChI is InChI=1S/C19H21ClO3/c1-13-11-14(20)9-10-16(13)23-18(21)12-22-17-8-6-5-7-15(17)19(2,3)4/h5-11H,12H2,1-4H3. The Morgan fingerprint density at radius 2 is 1.78 bits per heavy atom. The molecule has 0 fully saturated rings. The summed E-state index contributed by atoms with van der Waals surface area (Å²) in [6.45, 7) is 8.00. The van der Waals surface area contributed by atoms with Crippen LogP contribution < -0.4 is 9.47 Å². The molecule has 0 aromatic heterocycles. The molecule has 0 aliphatic carbocycles. The molecule has 0 aliphatic heterocycles. The van der Waals surface area contributed by atoms with Gasteiger partial charge in [0.2, 0.25) is 0 Å². The lowest BCUT2D eigenvalue weighted by Crippen LogP contribution is -2.20. The highest BCUT2D eigenvalue weighted by atomic mass is 35.5. The highest BCUT2D eigenvalue weighted by molar-refractivity contribution is 6.30. The van der Waals surface area contributed by atoms with Crippen molar-refractivity contribution in [2.24, 2.45) is 0 Å². The minimum Gasteiger partial charge on any atom is -0.482 e. The maximum absolute atomic E-state index is 12.0. The summed E-state index contributed by atoms with van der Waals surface area (Å²) >= 11 is 5.89. The Morgan fingerprint density at radius 1 is 1.09 bits per heavy atom. The predicted molar refractivity (Wildman–Crippen MR) is 92.5 cm³/mol. The first-order valence-electron chi connectivity index (χ1n) is 7.46. The van der Waals surface area contributed by atoms with Crippen molar-refractivity contribution in [1.29, 1.82) is 0 Å². The molecule has 0 unspecified atom stereocenters. The molecule has 2 aromatic carbocycles. The van der Waals surface area contributed by atoms with Gasteiger partial charge in [0.15, 0.2) is 6.61 Å². The lowest BCUT2D eigenvalue weighted by molar-refractivity contribution is -0.136. The third-order valence-electron chi connectivity index (χ3n) is 3.40. The Balaban J connectivity index is 2.03. The number of carbonyl (C=O) groups excluding carboxylic acids is 1. The molecule has 122 valence electrons. The topological polar surface area (TPSA) is 35.5 Å². The zero-order valence-electron chi connectivity index (χ0n) is 13.9. The first-order valence-corrected chi connectivity index (χ1v) is 7.84. The monoisotopic (exact) mass is 332 g/mol. The summed E-state index contributed by atoms with van der Waals surface area (Å²) in [5, 5.41) is 0.609. The minimum absolute atomic E-state index is 0.0622. The van der Waals surface area contributed by atoms with Crippen molar-refractivity contribution in [1.82, 2.24) is 0 Å². The average molecular weight is 333 g/mol. The molecule has 0 saturated heterocycles. The lowest BCUT2D eigenvalue weighted by atomic mass is 9.86. The minimum atomic E-state index is -0.445. The highest BCUT2D eigenvalue weighted by Gasteiger charge is 2.19. The maximum atomic E-state index is 12.0. The summed E-state index contributed by atoms with van der Waals surface area (Å²) < 4.78 is 11.0. The number of esters is 1. The van der Waals surface area contributed by atoms with Crippen LogP contribution in [0.2, 0.25) is 5.02 Å². The Hall–Kier alpha value is -2.00. The van der Waals surface area contributed by atoms with Crippen LogP contribution in [0, 0.1) is 6.92 Å². The molecule has 0 spiro atoms. The summed E-state index contributed by atoms with van der Waals surface area (Å²) in [5.74, 6) is 0.746. The maximum Gasteiger partial charge on any atom is 0.349 e. The second-order valence-corrected chi connectivity index (χ2v) is 6.86. The SMILES string of the molecule is Cc1cc(Cl)ccc1OC(=O)COc1ccccc1C(C)(C)C. The number of benzene rings is 2. The van der Waals surface area contributed by atoms with Crippen molar-refractivity contribution in [2.45, 2.75) is 33.1 Å². The van der Waals surface area contributed by atoms with Crippen LogP contribution in [-0.2, 0) is 10.2 Å². The van der Waals surface area contributed by atoms with Crippen molar-refractivity contribution < 1.29 is 14.3 Å². The summed E-state index contributed by atoms with van der Waals surface area (Å²) in [7, 11) is 0. The number of ether oxygens (including phenoxy) is 2. The normalized spacial score (nSPS) is 11.2. The number of carbonyl (C=O) groups is 1. The molecule has 0 atom stereocenters. The first-order chi connectivity index (χ1) is 10.8.